The highest BCUT2D eigenvalue weighted by Gasteiger charge is 2.26. The van der Waals surface area contributed by atoms with Gasteiger partial charge in [-0.2, -0.15) is 0 Å². The molecule has 0 radical (unpaired) electrons. The van der Waals surface area contributed by atoms with E-state index in [0.29, 0.717) is 24.5 Å². The first-order valence-electron chi connectivity index (χ1n) is 11.0. The van der Waals surface area contributed by atoms with Crippen LogP contribution < -0.4 is 25.2 Å². The fraction of sp³-hybridized carbons (Fsp3) is 0.417. The molecule has 1 saturated heterocycles. The largest absolute Gasteiger partial charge is 0.495 e. The van der Waals surface area contributed by atoms with E-state index in [1.807, 2.05) is 49.4 Å². The summed E-state index contributed by atoms with van der Waals surface area (Å²) in [5.74, 6) is 0.693. The Kier molecular flexibility index (Phi) is 8.03. The minimum Gasteiger partial charge on any atom is -0.495 e. The smallest absolute Gasteiger partial charge is 0.279 e. The second-order valence-electron chi connectivity index (χ2n) is 8.16. The molecule has 7 heteroatoms. The number of quaternary nitrogens is 2. The minimum atomic E-state index is -0.0173. The van der Waals surface area contributed by atoms with Crippen molar-refractivity contribution in [3.8, 4) is 5.75 Å². The quantitative estimate of drug-likeness (QED) is 0.477. The van der Waals surface area contributed by atoms with E-state index in [1.165, 1.54) is 9.80 Å². The Hall–Kier alpha value is -2.90. The number of rotatable bonds is 8. The maximum atomic E-state index is 12.5. The number of methoxy groups -OCH3 is 1. The first kappa shape index (κ1) is 22.8. The number of carbonyl (C=O) groups excluding carboxylic acids is 2. The summed E-state index contributed by atoms with van der Waals surface area (Å²) in [6.07, 6.45) is 0.891. The molecule has 0 bridgehead atoms. The summed E-state index contributed by atoms with van der Waals surface area (Å²) >= 11 is 0. The zero-order valence-corrected chi connectivity index (χ0v) is 18.7. The minimum absolute atomic E-state index is 0.0173. The molecule has 2 aromatic carbocycles. The molecule has 1 fully saturated rings. The van der Waals surface area contributed by atoms with Gasteiger partial charge in [0.25, 0.3) is 11.8 Å². The first-order chi connectivity index (χ1) is 15.0. The number of ether oxygens (including phenoxy) is 1. The number of aryl methyl sites for hydroxylation is 2. The van der Waals surface area contributed by atoms with E-state index in [1.54, 1.807) is 7.11 Å². The lowest BCUT2D eigenvalue weighted by molar-refractivity contribution is -1.00. The van der Waals surface area contributed by atoms with Crippen LogP contribution in [0.3, 0.4) is 0 Å². The van der Waals surface area contributed by atoms with Gasteiger partial charge in [0.15, 0.2) is 13.1 Å². The van der Waals surface area contributed by atoms with Crippen LogP contribution in [0.2, 0.25) is 0 Å². The molecule has 0 spiro atoms. The highest BCUT2D eigenvalue weighted by Crippen LogP contribution is 2.24. The Balaban J connectivity index is 1.44. The summed E-state index contributed by atoms with van der Waals surface area (Å²) in [5, 5.41) is 6.03. The molecule has 7 nitrogen and oxygen atoms in total. The molecule has 0 atom stereocenters. The normalized spacial score (nSPS) is 18.3. The van der Waals surface area contributed by atoms with Crippen LogP contribution in [0, 0.1) is 6.92 Å². The lowest BCUT2D eigenvalue weighted by Gasteiger charge is -2.29. The molecule has 31 heavy (non-hydrogen) atoms. The van der Waals surface area contributed by atoms with E-state index in [-0.39, 0.29) is 11.8 Å². The van der Waals surface area contributed by atoms with Crippen LogP contribution in [0.25, 0.3) is 0 Å². The van der Waals surface area contributed by atoms with Crippen LogP contribution in [0.4, 0.5) is 11.4 Å². The highest BCUT2D eigenvalue weighted by molar-refractivity contribution is 5.93. The van der Waals surface area contributed by atoms with E-state index >= 15 is 0 Å². The van der Waals surface area contributed by atoms with Gasteiger partial charge >= 0.3 is 0 Å². The number of benzene rings is 2. The van der Waals surface area contributed by atoms with Gasteiger partial charge in [0.05, 0.1) is 12.8 Å². The third kappa shape index (κ3) is 6.54. The van der Waals surface area contributed by atoms with E-state index in [2.05, 4.69) is 17.6 Å². The molecule has 166 valence electrons. The highest BCUT2D eigenvalue weighted by atomic mass is 16.5. The number of amides is 2. The third-order valence-electron chi connectivity index (χ3n) is 5.79. The zero-order chi connectivity index (χ0) is 22.2. The van der Waals surface area contributed by atoms with Gasteiger partial charge in [-0.15, -0.1) is 0 Å². The summed E-state index contributed by atoms with van der Waals surface area (Å²) in [6.45, 7) is 8.43. The summed E-state index contributed by atoms with van der Waals surface area (Å²) < 4.78 is 5.34. The molecule has 4 N–H and O–H groups in total. The van der Waals surface area contributed by atoms with Gasteiger partial charge in [-0.3, -0.25) is 9.59 Å². The second kappa shape index (κ2) is 10.9. The van der Waals surface area contributed by atoms with E-state index in [9.17, 15) is 9.59 Å². The van der Waals surface area contributed by atoms with Crippen LogP contribution in [0.5, 0.6) is 5.75 Å². The van der Waals surface area contributed by atoms with Crippen molar-refractivity contribution < 1.29 is 24.1 Å². The standard InChI is InChI=1S/C24H32N4O3/c1-4-19-7-5-6-8-20(19)25-23(29)16-27-11-13-28(14-12-27)17-24(30)26-21-15-18(2)9-10-22(21)31-3/h5-10,15H,4,11-14,16-17H2,1-3H3,(H,25,29)(H,26,30)/p+2. The van der Waals surface area contributed by atoms with Crippen molar-refractivity contribution in [1.82, 2.24) is 0 Å². The maximum Gasteiger partial charge on any atom is 0.279 e. The van der Waals surface area contributed by atoms with Crippen LogP contribution >= 0.6 is 0 Å². The Bertz CT molecular complexity index is 907. The van der Waals surface area contributed by atoms with E-state index in [4.69, 9.17) is 4.74 Å². The van der Waals surface area contributed by atoms with E-state index < -0.39 is 0 Å². The Morgan fingerprint density at radius 3 is 2.06 bits per heavy atom. The van der Waals surface area contributed by atoms with Gasteiger partial charge in [0, 0.05) is 5.69 Å². The van der Waals surface area contributed by atoms with E-state index in [0.717, 1.165) is 49.4 Å². The third-order valence-corrected chi connectivity index (χ3v) is 5.79. The van der Waals surface area contributed by atoms with Gasteiger partial charge in [-0.25, -0.2) is 0 Å². The zero-order valence-electron chi connectivity index (χ0n) is 18.7. The molecule has 1 heterocycles. The van der Waals surface area contributed by atoms with Crippen LogP contribution in [-0.4, -0.2) is 58.2 Å². The maximum absolute atomic E-state index is 12.5. The summed E-state index contributed by atoms with van der Waals surface area (Å²) in [5.41, 5.74) is 3.83. The topological polar surface area (TPSA) is 76.3 Å². The molecule has 1 aliphatic rings. The Labute approximate surface area is 184 Å². The summed E-state index contributed by atoms with van der Waals surface area (Å²) in [6, 6.07) is 13.7. The monoisotopic (exact) mass is 426 g/mol. The molecule has 3 rings (SSSR count). The lowest BCUT2D eigenvalue weighted by Crippen LogP contribution is -3.28. The molecule has 2 aromatic rings. The SMILES string of the molecule is CCc1ccccc1NC(=O)C[NH+]1CC[NH+](CC(=O)Nc2cc(C)ccc2OC)CC1. The first-order valence-corrected chi connectivity index (χ1v) is 11.0. The van der Waals surface area contributed by atoms with Crippen molar-refractivity contribution in [2.24, 2.45) is 0 Å². The van der Waals surface area contributed by atoms with Crippen LogP contribution in [0.15, 0.2) is 42.5 Å². The fourth-order valence-electron chi connectivity index (χ4n) is 4.02. The fourth-order valence-corrected chi connectivity index (χ4v) is 4.02. The number of carbonyl (C=O) groups is 2. The number of nitrogens with one attached hydrogen (secondary N) is 4. The lowest BCUT2D eigenvalue weighted by atomic mass is 10.1. The van der Waals surface area contributed by atoms with Gasteiger partial charge in [-0.05, 0) is 42.7 Å². The van der Waals surface area contributed by atoms with Crippen molar-refractivity contribution >= 4 is 23.2 Å². The van der Waals surface area contributed by atoms with Gasteiger partial charge in [0.1, 0.15) is 31.9 Å². The average Bonchev–Trinajstić information content (AvgIpc) is 2.75. The molecular formula is C24H34N4O3+2. The second-order valence-corrected chi connectivity index (χ2v) is 8.16. The summed E-state index contributed by atoms with van der Waals surface area (Å²) in [4.78, 5) is 27.5. The van der Waals surface area contributed by atoms with Crippen molar-refractivity contribution in [2.75, 3.05) is 57.0 Å². The molecular weight excluding hydrogens is 392 g/mol. The summed E-state index contributed by atoms with van der Waals surface area (Å²) in [7, 11) is 1.60. The molecule has 0 aromatic heterocycles. The van der Waals surface area contributed by atoms with Gasteiger partial charge < -0.3 is 25.2 Å². The Morgan fingerprint density at radius 1 is 0.903 bits per heavy atom. The van der Waals surface area contributed by atoms with Gasteiger partial charge in [-0.1, -0.05) is 31.2 Å². The number of hydrogen-bond acceptors (Lipinski definition) is 3. The van der Waals surface area contributed by atoms with Crippen molar-refractivity contribution in [3.63, 3.8) is 0 Å². The average molecular weight is 427 g/mol. The molecule has 1 aliphatic heterocycles. The predicted molar refractivity (Wildman–Crippen MR) is 122 cm³/mol. The molecule has 2 amide bonds. The van der Waals surface area contributed by atoms with Crippen molar-refractivity contribution in [1.29, 1.82) is 0 Å². The van der Waals surface area contributed by atoms with Gasteiger partial charge in [0.2, 0.25) is 0 Å². The number of para-hydroxylation sites is 1. The van der Waals surface area contributed by atoms with Crippen molar-refractivity contribution in [3.05, 3.63) is 53.6 Å². The van der Waals surface area contributed by atoms with Crippen LogP contribution in [-0.2, 0) is 16.0 Å². The predicted octanol–water partition coefficient (Wildman–Crippen LogP) is -0.0734. The molecule has 0 aliphatic carbocycles. The number of piperazine rings is 1. The van der Waals surface area contributed by atoms with Crippen LogP contribution in [0.1, 0.15) is 18.1 Å². The Morgan fingerprint density at radius 2 is 1.48 bits per heavy atom. The number of hydrogen-bond donors (Lipinski definition) is 4. The van der Waals surface area contributed by atoms with Crippen molar-refractivity contribution in [2.45, 2.75) is 20.3 Å². The molecule has 0 saturated carbocycles. The molecule has 0 unspecified atom stereocenters. The number of anilines is 2.